The number of nitrogens with one attached hydrogen (secondary N) is 1. The Labute approximate surface area is 196 Å². The molecule has 0 saturated carbocycles. The summed E-state index contributed by atoms with van der Waals surface area (Å²) in [5.41, 5.74) is 6.73. The van der Waals surface area contributed by atoms with Crippen molar-refractivity contribution in [3.63, 3.8) is 0 Å². The number of rotatable bonds is 7. The normalized spacial score (nSPS) is 11.0. The molecule has 1 amide bonds. The number of carbonyl (C=O) groups excluding carboxylic acids is 1. The molecule has 0 radical (unpaired) electrons. The van der Waals surface area contributed by atoms with Crippen LogP contribution in [0.5, 0.6) is 0 Å². The van der Waals surface area contributed by atoms with Crippen molar-refractivity contribution in [1.29, 1.82) is 0 Å². The third-order valence-electron chi connectivity index (χ3n) is 5.37. The van der Waals surface area contributed by atoms with Crippen LogP contribution in [0.15, 0.2) is 59.1 Å². The Bertz CT molecular complexity index is 1220. The third kappa shape index (κ3) is 4.79. The van der Waals surface area contributed by atoms with Gasteiger partial charge in [0, 0.05) is 34.1 Å². The van der Waals surface area contributed by atoms with Crippen LogP contribution in [0.1, 0.15) is 22.9 Å². The molecule has 1 N–H and O–H groups in total. The zero-order valence-corrected chi connectivity index (χ0v) is 20.3. The predicted octanol–water partition coefficient (Wildman–Crippen LogP) is 6.12. The van der Waals surface area contributed by atoms with Crippen molar-refractivity contribution in [3.05, 3.63) is 69.9 Å². The van der Waals surface area contributed by atoms with E-state index in [0.717, 1.165) is 28.7 Å². The quantitative estimate of drug-likeness (QED) is 0.336. The second kappa shape index (κ2) is 9.71. The molecule has 0 atom stereocenters. The van der Waals surface area contributed by atoms with E-state index in [2.05, 4.69) is 65.9 Å². The Hall–Kier alpha value is -2.90. The fourth-order valence-electron chi connectivity index (χ4n) is 3.52. The van der Waals surface area contributed by atoms with E-state index in [4.69, 9.17) is 0 Å². The van der Waals surface area contributed by atoms with Gasteiger partial charge in [0.15, 0.2) is 11.0 Å². The Balaban J connectivity index is 1.48. The number of thiophene rings is 1. The molecule has 2 aromatic carbocycles. The highest BCUT2D eigenvalue weighted by Crippen LogP contribution is 2.38. The fourth-order valence-corrected chi connectivity index (χ4v) is 5.10. The van der Waals surface area contributed by atoms with Gasteiger partial charge < -0.3 is 9.88 Å². The summed E-state index contributed by atoms with van der Waals surface area (Å²) >= 11 is 3.10. The highest BCUT2D eigenvalue weighted by molar-refractivity contribution is 7.99. The van der Waals surface area contributed by atoms with E-state index in [-0.39, 0.29) is 11.7 Å². The monoisotopic (exact) mass is 462 g/mol. The molecule has 0 aliphatic rings. The standard InChI is InChI=1S/C25H26N4OS2/c1-5-18-8-12-20(13-9-18)26-22(30)15-32-25-28-27-24(29(25)4)21-14-31-17(3)23(21)19-10-6-16(2)7-11-19/h6-14H,5,15H2,1-4H3,(H,26,30). The minimum absolute atomic E-state index is 0.0597. The van der Waals surface area contributed by atoms with Crippen LogP contribution in [0.25, 0.3) is 22.5 Å². The summed E-state index contributed by atoms with van der Waals surface area (Å²) in [4.78, 5) is 13.7. The molecular weight excluding hydrogens is 436 g/mol. The molecule has 4 rings (SSSR count). The number of thioether (sulfide) groups is 1. The number of nitrogens with zero attached hydrogens (tertiary/aromatic N) is 3. The van der Waals surface area contributed by atoms with Crippen LogP contribution >= 0.6 is 23.1 Å². The van der Waals surface area contributed by atoms with Crippen LogP contribution in [0.3, 0.4) is 0 Å². The molecule has 0 aliphatic heterocycles. The van der Waals surface area contributed by atoms with E-state index in [1.807, 2.05) is 35.9 Å². The van der Waals surface area contributed by atoms with E-state index in [1.54, 1.807) is 11.3 Å². The molecule has 7 heteroatoms. The van der Waals surface area contributed by atoms with Gasteiger partial charge in [0.25, 0.3) is 0 Å². The summed E-state index contributed by atoms with van der Waals surface area (Å²) in [7, 11) is 1.95. The molecule has 0 saturated heterocycles. The van der Waals surface area contributed by atoms with Crippen molar-refractivity contribution >= 4 is 34.7 Å². The van der Waals surface area contributed by atoms with Gasteiger partial charge in [-0.2, -0.15) is 0 Å². The van der Waals surface area contributed by atoms with Crippen molar-refractivity contribution in [3.8, 4) is 22.5 Å². The van der Waals surface area contributed by atoms with Crippen LogP contribution in [-0.2, 0) is 18.3 Å². The lowest BCUT2D eigenvalue weighted by atomic mass is 10.0. The summed E-state index contributed by atoms with van der Waals surface area (Å²) < 4.78 is 1.97. The summed E-state index contributed by atoms with van der Waals surface area (Å²) in [6.07, 6.45) is 0.980. The van der Waals surface area contributed by atoms with Crippen LogP contribution in [0.4, 0.5) is 5.69 Å². The van der Waals surface area contributed by atoms with E-state index in [1.165, 1.54) is 38.9 Å². The number of anilines is 1. The van der Waals surface area contributed by atoms with Gasteiger partial charge in [0.05, 0.1) is 5.75 Å². The second-order valence-electron chi connectivity index (χ2n) is 7.70. The second-order valence-corrected chi connectivity index (χ2v) is 9.73. The number of amides is 1. The van der Waals surface area contributed by atoms with E-state index in [0.29, 0.717) is 0 Å². The Kier molecular flexibility index (Phi) is 6.77. The van der Waals surface area contributed by atoms with E-state index < -0.39 is 0 Å². The smallest absolute Gasteiger partial charge is 0.234 e. The van der Waals surface area contributed by atoms with Crippen LogP contribution < -0.4 is 5.32 Å². The van der Waals surface area contributed by atoms with Crippen LogP contribution in [-0.4, -0.2) is 26.4 Å². The molecule has 0 bridgehead atoms. The average molecular weight is 463 g/mol. The first-order valence-electron chi connectivity index (χ1n) is 10.5. The highest BCUT2D eigenvalue weighted by Gasteiger charge is 2.19. The molecular formula is C25H26N4OS2. The Morgan fingerprint density at radius 1 is 1.06 bits per heavy atom. The van der Waals surface area contributed by atoms with Crippen molar-refractivity contribution < 1.29 is 4.79 Å². The maximum Gasteiger partial charge on any atom is 0.234 e. The fraction of sp³-hybridized carbons (Fsp3) is 0.240. The number of hydrogen-bond acceptors (Lipinski definition) is 5. The lowest BCUT2D eigenvalue weighted by molar-refractivity contribution is -0.113. The van der Waals surface area contributed by atoms with Crippen molar-refractivity contribution in [2.75, 3.05) is 11.1 Å². The first-order chi connectivity index (χ1) is 15.5. The molecule has 2 heterocycles. The van der Waals surface area contributed by atoms with Gasteiger partial charge >= 0.3 is 0 Å². The van der Waals surface area contributed by atoms with Gasteiger partial charge in [-0.05, 0) is 43.5 Å². The lowest BCUT2D eigenvalue weighted by Gasteiger charge is -2.08. The summed E-state index contributed by atoms with van der Waals surface area (Å²) in [5, 5.41) is 14.6. The van der Waals surface area contributed by atoms with Gasteiger partial charge in [-0.15, -0.1) is 21.5 Å². The maximum atomic E-state index is 12.4. The molecule has 0 fully saturated rings. The van der Waals surface area contributed by atoms with Gasteiger partial charge in [-0.1, -0.05) is 60.6 Å². The van der Waals surface area contributed by atoms with Gasteiger partial charge in [-0.3, -0.25) is 4.79 Å². The van der Waals surface area contributed by atoms with Crippen LogP contribution in [0, 0.1) is 13.8 Å². The highest BCUT2D eigenvalue weighted by atomic mass is 32.2. The number of hydrogen-bond donors (Lipinski definition) is 1. The average Bonchev–Trinajstić information content (AvgIpc) is 3.35. The molecule has 2 aromatic heterocycles. The number of aryl methyl sites for hydroxylation is 3. The first-order valence-corrected chi connectivity index (χ1v) is 12.4. The Morgan fingerprint density at radius 3 is 2.47 bits per heavy atom. The number of carbonyl (C=O) groups is 1. The van der Waals surface area contributed by atoms with Crippen molar-refractivity contribution in [1.82, 2.24) is 14.8 Å². The predicted molar refractivity (Wildman–Crippen MR) is 134 cm³/mol. The molecule has 32 heavy (non-hydrogen) atoms. The van der Waals surface area contributed by atoms with E-state index in [9.17, 15) is 4.79 Å². The summed E-state index contributed by atoms with van der Waals surface area (Å²) in [6, 6.07) is 16.5. The van der Waals surface area contributed by atoms with Crippen molar-refractivity contribution in [2.24, 2.45) is 7.05 Å². The zero-order valence-electron chi connectivity index (χ0n) is 18.7. The molecule has 0 unspecified atom stereocenters. The largest absolute Gasteiger partial charge is 0.325 e. The molecule has 164 valence electrons. The van der Waals surface area contributed by atoms with Gasteiger partial charge in [-0.25, -0.2) is 0 Å². The molecule has 5 nitrogen and oxygen atoms in total. The maximum absolute atomic E-state index is 12.4. The van der Waals surface area contributed by atoms with Gasteiger partial charge in [0.2, 0.25) is 5.91 Å². The Morgan fingerprint density at radius 2 is 1.78 bits per heavy atom. The van der Waals surface area contributed by atoms with Crippen molar-refractivity contribution in [2.45, 2.75) is 32.3 Å². The number of benzene rings is 2. The molecule has 0 aliphatic carbocycles. The molecule has 4 aromatic rings. The SMILES string of the molecule is CCc1ccc(NC(=O)CSc2nnc(-c3csc(C)c3-c3ccc(C)cc3)n2C)cc1. The number of aromatic nitrogens is 3. The molecule has 0 spiro atoms. The topological polar surface area (TPSA) is 59.8 Å². The third-order valence-corrected chi connectivity index (χ3v) is 7.30. The zero-order chi connectivity index (χ0) is 22.7. The summed E-state index contributed by atoms with van der Waals surface area (Å²) in [5.74, 6) is 1.02. The summed E-state index contributed by atoms with van der Waals surface area (Å²) in [6.45, 7) is 6.33. The minimum Gasteiger partial charge on any atom is -0.325 e. The van der Waals surface area contributed by atoms with Crippen LogP contribution in [0.2, 0.25) is 0 Å². The van der Waals surface area contributed by atoms with E-state index >= 15 is 0 Å². The lowest BCUT2D eigenvalue weighted by Crippen LogP contribution is -2.14. The first kappa shape index (κ1) is 22.3. The van der Waals surface area contributed by atoms with Gasteiger partial charge in [0.1, 0.15) is 0 Å². The minimum atomic E-state index is -0.0597.